The molecule has 0 aromatic carbocycles. The van der Waals surface area contributed by atoms with Gasteiger partial charge in [0.2, 0.25) is 0 Å². The van der Waals surface area contributed by atoms with Crippen LogP contribution >= 0.6 is 0 Å². The molecule has 2 aliphatic rings. The molecule has 2 amide bonds. The molecule has 0 radical (unpaired) electrons. The first-order valence-corrected chi connectivity index (χ1v) is 8.06. The Morgan fingerprint density at radius 2 is 1.67 bits per heavy atom. The standard InChI is InChI=1S/C15H22F6N2O/c1-9-3-4-11(10(2)7-9)22-12(24)23-6-5-13(8-23,14(16,17)18)15(19,20)21/h9-11H,3-8H2,1-2H3,(H,22,24)/t9-,10-,11-/m1/s1. The summed E-state index contributed by atoms with van der Waals surface area (Å²) in [6.45, 7) is 2.09. The van der Waals surface area contributed by atoms with E-state index in [-0.39, 0.29) is 12.0 Å². The predicted molar refractivity (Wildman–Crippen MR) is 75.2 cm³/mol. The van der Waals surface area contributed by atoms with Crippen molar-refractivity contribution in [2.75, 3.05) is 13.1 Å². The summed E-state index contributed by atoms with van der Waals surface area (Å²) in [7, 11) is 0. The molecule has 9 heteroatoms. The van der Waals surface area contributed by atoms with Crippen molar-refractivity contribution in [2.45, 2.75) is 57.9 Å². The second-order valence-electron chi connectivity index (χ2n) is 7.20. The Hall–Kier alpha value is -1.15. The lowest BCUT2D eigenvalue weighted by molar-refractivity contribution is -0.334. The van der Waals surface area contributed by atoms with E-state index in [9.17, 15) is 31.1 Å². The van der Waals surface area contributed by atoms with Gasteiger partial charge in [0, 0.05) is 19.1 Å². The van der Waals surface area contributed by atoms with Crippen molar-refractivity contribution in [1.82, 2.24) is 10.2 Å². The Morgan fingerprint density at radius 3 is 2.12 bits per heavy atom. The zero-order valence-corrected chi connectivity index (χ0v) is 13.6. The molecule has 0 aromatic rings. The van der Waals surface area contributed by atoms with E-state index < -0.39 is 43.3 Å². The van der Waals surface area contributed by atoms with E-state index in [1.807, 2.05) is 6.92 Å². The van der Waals surface area contributed by atoms with Gasteiger partial charge in [-0.1, -0.05) is 13.8 Å². The Bertz CT molecular complexity index is 462. The molecule has 0 aromatic heterocycles. The molecule has 1 aliphatic heterocycles. The molecule has 3 nitrogen and oxygen atoms in total. The van der Waals surface area contributed by atoms with Crippen LogP contribution < -0.4 is 5.32 Å². The third kappa shape index (κ3) is 3.44. The Balaban J connectivity index is 2.05. The molecule has 1 heterocycles. The van der Waals surface area contributed by atoms with Crippen LogP contribution in [0.15, 0.2) is 0 Å². The fraction of sp³-hybridized carbons (Fsp3) is 0.933. The Kier molecular flexibility index (Phi) is 5.03. The zero-order chi connectivity index (χ0) is 18.3. The van der Waals surface area contributed by atoms with Crippen LogP contribution in [0.4, 0.5) is 31.1 Å². The van der Waals surface area contributed by atoms with Crippen LogP contribution in [0.2, 0.25) is 0 Å². The van der Waals surface area contributed by atoms with E-state index in [1.54, 1.807) is 0 Å². The number of hydrogen-bond donors (Lipinski definition) is 1. The van der Waals surface area contributed by atoms with Gasteiger partial charge in [-0.15, -0.1) is 0 Å². The number of amides is 2. The van der Waals surface area contributed by atoms with Gasteiger partial charge >= 0.3 is 18.4 Å². The number of nitrogens with one attached hydrogen (secondary N) is 1. The lowest BCUT2D eigenvalue weighted by Crippen LogP contribution is -2.54. The summed E-state index contributed by atoms with van der Waals surface area (Å²) >= 11 is 0. The minimum atomic E-state index is -5.44. The van der Waals surface area contributed by atoms with Crippen molar-refractivity contribution in [1.29, 1.82) is 0 Å². The van der Waals surface area contributed by atoms with Gasteiger partial charge in [-0.2, -0.15) is 26.3 Å². The number of alkyl halides is 6. The van der Waals surface area contributed by atoms with Gasteiger partial charge in [-0.25, -0.2) is 4.79 Å². The number of hydrogen-bond acceptors (Lipinski definition) is 1. The lowest BCUT2D eigenvalue weighted by Gasteiger charge is -2.35. The van der Waals surface area contributed by atoms with Crippen LogP contribution in [-0.2, 0) is 0 Å². The fourth-order valence-electron chi connectivity index (χ4n) is 3.74. The molecule has 0 unspecified atom stereocenters. The van der Waals surface area contributed by atoms with Gasteiger partial charge in [0.15, 0.2) is 5.41 Å². The number of likely N-dealkylation sites (tertiary alicyclic amines) is 1. The highest BCUT2D eigenvalue weighted by Crippen LogP contribution is 2.55. The van der Waals surface area contributed by atoms with Crippen molar-refractivity contribution in [3.63, 3.8) is 0 Å². The number of rotatable bonds is 1. The number of urea groups is 1. The van der Waals surface area contributed by atoms with Crippen molar-refractivity contribution in [3.8, 4) is 0 Å². The first-order valence-electron chi connectivity index (χ1n) is 8.06. The van der Waals surface area contributed by atoms with Gasteiger partial charge in [0.1, 0.15) is 0 Å². The lowest BCUT2D eigenvalue weighted by atomic mass is 9.80. The van der Waals surface area contributed by atoms with Crippen LogP contribution in [0, 0.1) is 17.3 Å². The maximum absolute atomic E-state index is 13.0. The van der Waals surface area contributed by atoms with Crippen molar-refractivity contribution in [3.05, 3.63) is 0 Å². The minimum absolute atomic E-state index is 0.148. The first-order chi connectivity index (χ1) is 10.9. The van der Waals surface area contributed by atoms with Gasteiger partial charge in [0.05, 0.1) is 0 Å². The second-order valence-corrected chi connectivity index (χ2v) is 7.20. The highest BCUT2D eigenvalue weighted by Gasteiger charge is 2.73. The predicted octanol–water partition coefficient (Wildman–Crippen LogP) is 4.34. The van der Waals surface area contributed by atoms with E-state index in [2.05, 4.69) is 12.2 Å². The Labute approximate surface area is 136 Å². The number of nitrogens with zero attached hydrogens (tertiary/aromatic N) is 1. The van der Waals surface area contributed by atoms with E-state index in [1.165, 1.54) is 0 Å². The van der Waals surface area contributed by atoms with Crippen LogP contribution in [0.3, 0.4) is 0 Å². The van der Waals surface area contributed by atoms with Gasteiger partial charge in [-0.3, -0.25) is 0 Å². The molecule has 2 rings (SSSR count). The first kappa shape index (κ1) is 19.2. The fourth-order valence-corrected chi connectivity index (χ4v) is 3.74. The molecule has 2 fully saturated rings. The molecule has 140 valence electrons. The van der Waals surface area contributed by atoms with Crippen molar-refractivity contribution < 1.29 is 31.1 Å². The topological polar surface area (TPSA) is 32.3 Å². The summed E-state index contributed by atoms with van der Waals surface area (Å²) in [5.41, 5.74) is -3.83. The molecule has 1 N–H and O–H groups in total. The number of halogens is 6. The summed E-state index contributed by atoms with van der Waals surface area (Å²) in [6, 6.07) is -1.04. The molecular formula is C15H22F6N2O. The van der Waals surface area contributed by atoms with Gasteiger partial charge in [0.25, 0.3) is 0 Å². The van der Waals surface area contributed by atoms with Crippen LogP contribution in [0.1, 0.15) is 39.5 Å². The number of carbonyl (C=O) groups is 1. The third-order valence-electron chi connectivity index (χ3n) is 5.38. The SMILES string of the molecule is C[C@@H]1CC[C@@H](NC(=O)N2CCC(C(F)(F)F)(C(F)(F)F)C2)[C@H](C)C1. The number of carbonyl (C=O) groups excluding carboxylic acids is 1. The minimum Gasteiger partial charge on any atom is -0.335 e. The van der Waals surface area contributed by atoms with Gasteiger partial charge in [-0.05, 0) is 37.5 Å². The van der Waals surface area contributed by atoms with Crippen molar-refractivity contribution >= 4 is 6.03 Å². The molecule has 0 bridgehead atoms. The largest absolute Gasteiger partial charge is 0.404 e. The maximum Gasteiger partial charge on any atom is 0.404 e. The quantitative estimate of drug-likeness (QED) is 0.694. The summed E-state index contributed by atoms with van der Waals surface area (Å²) < 4.78 is 78.2. The van der Waals surface area contributed by atoms with E-state index >= 15 is 0 Å². The third-order valence-corrected chi connectivity index (χ3v) is 5.38. The van der Waals surface area contributed by atoms with Crippen LogP contribution in [0.5, 0.6) is 0 Å². The van der Waals surface area contributed by atoms with E-state index in [0.29, 0.717) is 17.2 Å². The summed E-state index contributed by atoms with van der Waals surface area (Å²) in [5, 5.41) is 2.62. The average Bonchev–Trinajstić information content (AvgIpc) is 2.87. The van der Waals surface area contributed by atoms with Crippen LogP contribution in [0.25, 0.3) is 0 Å². The Morgan fingerprint density at radius 1 is 1.08 bits per heavy atom. The molecule has 1 saturated carbocycles. The highest BCUT2D eigenvalue weighted by molar-refractivity contribution is 5.75. The van der Waals surface area contributed by atoms with Gasteiger partial charge < -0.3 is 10.2 Å². The molecule has 0 spiro atoms. The van der Waals surface area contributed by atoms with E-state index in [0.717, 1.165) is 12.8 Å². The molecular weight excluding hydrogens is 338 g/mol. The van der Waals surface area contributed by atoms with E-state index in [4.69, 9.17) is 0 Å². The summed E-state index contributed by atoms with van der Waals surface area (Å²) in [4.78, 5) is 12.8. The molecule has 3 atom stereocenters. The second kappa shape index (κ2) is 6.29. The van der Waals surface area contributed by atoms with Crippen LogP contribution in [-0.4, -0.2) is 42.4 Å². The normalized spacial score (nSPS) is 31.2. The summed E-state index contributed by atoms with van der Waals surface area (Å²) in [5.74, 6) is 0.651. The molecule has 1 aliphatic carbocycles. The zero-order valence-electron chi connectivity index (χ0n) is 13.6. The maximum atomic E-state index is 13.0. The molecule has 24 heavy (non-hydrogen) atoms. The average molecular weight is 360 g/mol. The molecule has 1 saturated heterocycles. The highest BCUT2D eigenvalue weighted by atomic mass is 19.4. The smallest absolute Gasteiger partial charge is 0.335 e. The van der Waals surface area contributed by atoms with Crippen molar-refractivity contribution in [2.24, 2.45) is 17.3 Å². The monoisotopic (exact) mass is 360 g/mol. The summed E-state index contributed by atoms with van der Waals surface area (Å²) in [6.07, 6.45) is -9.58.